The molecule has 84 valence electrons. The Morgan fingerprint density at radius 2 is 2.19 bits per heavy atom. The van der Waals surface area contributed by atoms with E-state index in [1.54, 1.807) is 6.08 Å². The van der Waals surface area contributed by atoms with Crippen LogP contribution in [0, 0.1) is 0 Å². The standard InChI is InChI=1S/C11H8Br2O3/c1-15-11(14)7-2-6-3-8(12)4-9(13)10(6)16-5-7/h2-4H,5H2,1H3. The molecule has 0 atom stereocenters. The molecule has 0 unspecified atom stereocenters. The molecule has 3 nitrogen and oxygen atoms in total. The van der Waals surface area contributed by atoms with Crippen molar-refractivity contribution < 1.29 is 14.3 Å². The van der Waals surface area contributed by atoms with Gasteiger partial charge in [-0.3, -0.25) is 0 Å². The Morgan fingerprint density at radius 3 is 2.88 bits per heavy atom. The van der Waals surface area contributed by atoms with E-state index < -0.39 is 0 Å². The summed E-state index contributed by atoms with van der Waals surface area (Å²) in [5.41, 5.74) is 1.37. The molecule has 0 aliphatic carbocycles. The van der Waals surface area contributed by atoms with Crippen LogP contribution in [-0.2, 0) is 9.53 Å². The summed E-state index contributed by atoms with van der Waals surface area (Å²) in [6.07, 6.45) is 1.78. The maximum atomic E-state index is 11.4. The average molecular weight is 348 g/mol. The van der Waals surface area contributed by atoms with Crippen molar-refractivity contribution in [2.45, 2.75) is 0 Å². The van der Waals surface area contributed by atoms with Crippen LogP contribution in [0.5, 0.6) is 5.75 Å². The lowest BCUT2D eigenvalue weighted by Crippen LogP contribution is -2.16. The molecule has 1 aliphatic heterocycles. The molecule has 1 aliphatic rings. The van der Waals surface area contributed by atoms with Gasteiger partial charge in [-0.1, -0.05) is 15.9 Å². The summed E-state index contributed by atoms with van der Waals surface area (Å²) in [5, 5.41) is 0. The molecule has 0 saturated heterocycles. The molecule has 0 fully saturated rings. The molecule has 5 heteroatoms. The van der Waals surface area contributed by atoms with E-state index in [4.69, 9.17) is 4.74 Å². The van der Waals surface area contributed by atoms with Gasteiger partial charge in [0.25, 0.3) is 0 Å². The van der Waals surface area contributed by atoms with Crippen LogP contribution in [0.15, 0.2) is 26.7 Å². The topological polar surface area (TPSA) is 35.5 Å². The number of hydrogen-bond donors (Lipinski definition) is 0. The Hall–Kier alpha value is -0.810. The van der Waals surface area contributed by atoms with Crippen molar-refractivity contribution in [2.24, 2.45) is 0 Å². The predicted molar refractivity (Wildman–Crippen MR) is 67.3 cm³/mol. The van der Waals surface area contributed by atoms with E-state index in [9.17, 15) is 4.79 Å². The third kappa shape index (κ3) is 2.15. The van der Waals surface area contributed by atoms with Gasteiger partial charge in [-0.05, 0) is 34.1 Å². The molecule has 1 aromatic rings. The normalized spacial score (nSPS) is 13.6. The summed E-state index contributed by atoms with van der Waals surface area (Å²) in [6, 6.07) is 3.79. The van der Waals surface area contributed by atoms with Crippen molar-refractivity contribution in [1.29, 1.82) is 0 Å². The van der Waals surface area contributed by atoms with E-state index in [-0.39, 0.29) is 12.6 Å². The maximum Gasteiger partial charge on any atom is 0.337 e. The number of carbonyl (C=O) groups is 1. The molecule has 1 heterocycles. The van der Waals surface area contributed by atoms with Gasteiger partial charge < -0.3 is 9.47 Å². The Kier molecular flexibility index (Phi) is 3.35. The van der Waals surface area contributed by atoms with Gasteiger partial charge in [-0.15, -0.1) is 0 Å². The minimum atomic E-state index is -0.359. The number of methoxy groups -OCH3 is 1. The first-order valence-corrected chi connectivity index (χ1v) is 6.11. The quantitative estimate of drug-likeness (QED) is 0.732. The van der Waals surface area contributed by atoms with Crippen molar-refractivity contribution in [1.82, 2.24) is 0 Å². The SMILES string of the molecule is COC(=O)C1=Cc2cc(Br)cc(Br)c2OC1. The number of benzene rings is 1. The largest absolute Gasteiger partial charge is 0.487 e. The second kappa shape index (κ2) is 4.59. The van der Waals surface area contributed by atoms with E-state index in [1.807, 2.05) is 12.1 Å². The zero-order valence-corrected chi connectivity index (χ0v) is 11.6. The monoisotopic (exact) mass is 346 g/mol. The summed E-state index contributed by atoms with van der Waals surface area (Å²) in [5.74, 6) is 0.387. The van der Waals surface area contributed by atoms with E-state index in [0.29, 0.717) is 5.57 Å². The Morgan fingerprint density at radius 1 is 1.44 bits per heavy atom. The first-order chi connectivity index (χ1) is 7.61. The van der Waals surface area contributed by atoms with Gasteiger partial charge >= 0.3 is 5.97 Å². The third-order valence-electron chi connectivity index (χ3n) is 2.19. The van der Waals surface area contributed by atoms with E-state index in [0.717, 1.165) is 20.3 Å². The van der Waals surface area contributed by atoms with E-state index in [2.05, 4.69) is 36.6 Å². The van der Waals surface area contributed by atoms with E-state index >= 15 is 0 Å². The minimum absolute atomic E-state index is 0.236. The molecule has 1 aromatic carbocycles. The fourth-order valence-corrected chi connectivity index (χ4v) is 2.84. The maximum absolute atomic E-state index is 11.4. The van der Waals surface area contributed by atoms with Gasteiger partial charge in [0.15, 0.2) is 0 Å². The van der Waals surface area contributed by atoms with Gasteiger partial charge in [0.05, 0.1) is 17.2 Å². The molecule has 16 heavy (non-hydrogen) atoms. The number of rotatable bonds is 1. The first kappa shape index (κ1) is 11.7. The number of fused-ring (bicyclic) bond motifs is 1. The molecule has 0 aromatic heterocycles. The highest BCUT2D eigenvalue weighted by Gasteiger charge is 2.19. The van der Waals surface area contributed by atoms with Crippen molar-refractivity contribution in [3.05, 3.63) is 32.2 Å². The van der Waals surface area contributed by atoms with Crippen LogP contribution in [0.25, 0.3) is 6.08 Å². The molecule has 0 amide bonds. The van der Waals surface area contributed by atoms with Crippen molar-refractivity contribution >= 4 is 43.9 Å². The number of esters is 1. The lowest BCUT2D eigenvalue weighted by molar-refractivity contribution is -0.136. The number of hydrogen-bond acceptors (Lipinski definition) is 3. The summed E-state index contributed by atoms with van der Waals surface area (Å²) >= 11 is 6.79. The van der Waals surface area contributed by atoms with Crippen LogP contribution in [-0.4, -0.2) is 19.7 Å². The average Bonchev–Trinajstić information content (AvgIpc) is 2.27. The fraction of sp³-hybridized carbons (Fsp3) is 0.182. The van der Waals surface area contributed by atoms with Crippen molar-refractivity contribution in [3.63, 3.8) is 0 Å². The zero-order valence-electron chi connectivity index (χ0n) is 8.42. The van der Waals surface area contributed by atoms with Crippen LogP contribution < -0.4 is 4.74 Å². The highest BCUT2D eigenvalue weighted by atomic mass is 79.9. The van der Waals surface area contributed by atoms with Crippen LogP contribution in [0.4, 0.5) is 0 Å². The highest BCUT2D eigenvalue weighted by Crippen LogP contribution is 2.36. The van der Waals surface area contributed by atoms with Crippen LogP contribution >= 0.6 is 31.9 Å². The Bertz CT molecular complexity index is 480. The van der Waals surface area contributed by atoms with Gasteiger partial charge in [-0.2, -0.15) is 0 Å². The molecule has 0 spiro atoms. The van der Waals surface area contributed by atoms with Gasteiger partial charge in [0.2, 0.25) is 0 Å². The summed E-state index contributed by atoms with van der Waals surface area (Å²) in [4.78, 5) is 11.4. The van der Waals surface area contributed by atoms with Crippen molar-refractivity contribution in [3.8, 4) is 5.75 Å². The molecule has 0 saturated carbocycles. The summed E-state index contributed by atoms with van der Waals surface area (Å²) in [6.45, 7) is 0.236. The van der Waals surface area contributed by atoms with Crippen molar-refractivity contribution in [2.75, 3.05) is 13.7 Å². The lowest BCUT2D eigenvalue weighted by atomic mass is 10.1. The lowest BCUT2D eigenvalue weighted by Gasteiger charge is -2.18. The molecular formula is C11H8Br2O3. The van der Waals surface area contributed by atoms with Crippen LogP contribution in [0.1, 0.15) is 5.56 Å². The summed E-state index contributed by atoms with van der Waals surface area (Å²) in [7, 11) is 1.36. The predicted octanol–water partition coefficient (Wildman–Crippen LogP) is 3.16. The Labute approximate surface area is 110 Å². The highest BCUT2D eigenvalue weighted by molar-refractivity contribution is 9.11. The van der Waals surface area contributed by atoms with Crippen LogP contribution in [0.3, 0.4) is 0 Å². The van der Waals surface area contributed by atoms with Gasteiger partial charge in [0, 0.05) is 10.0 Å². The zero-order chi connectivity index (χ0) is 11.7. The fourth-order valence-electron chi connectivity index (χ4n) is 1.47. The van der Waals surface area contributed by atoms with E-state index in [1.165, 1.54) is 7.11 Å². The van der Waals surface area contributed by atoms with Gasteiger partial charge in [-0.25, -0.2) is 4.79 Å². The summed E-state index contributed by atoms with van der Waals surface area (Å²) < 4.78 is 11.9. The van der Waals surface area contributed by atoms with Gasteiger partial charge in [0.1, 0.15) is 12.4 Å². The second-order valence-corrected chi connectivity index (χ2v) is 5.03. The number of ether oxygens (including phenoxy) is 2. The van der Waals surface area contributed by atoms with Crippen LogP contribution in [0.2, 0.25) is 0 Å². The molecule has 2 rings (SSSR count). The number of halogens is 2. The minimum Gasteiger partial charge on any atom is -0.487 e. The Balaban J connectivity index is 2.47. The third-order valence-corrected chi connectivity index (χ3v) is 3.23. The molecular weight excluding hydrogens is 340 g/mol. The number of carbonyl (C=O) groups excluding carboxylic acids is 1. The molecule has 0 radical (unpaired) electrons. The molecule has 0 bridgehead atoms. The molecule has 0 N–H and O–H groups in total. The smallest absolute Gasteiger partial charge is 0.337 e. The first-order valence-electron chi connectivity index (χ1n) is 4.52. The second-order valence-electron chi connectivity index (χ2n) is 3.26.